The molecule has 0 aromatic heterocycles. The molecule has 2 N–H and O–H groups in total. The van der Waals surface area contributed by atoms with Crippen LogP contribution < -0.4 is 10.6 Å². The molecular weight excluding hydrogens is 174 g/mol. The van der Waals surface area contributed by atoms with Gasteiger partial charge < -0.3 is 10.6 Å². The van der Waals surface area contributed by atoms with Gasteiger partial charge in [-0.25, -0.2) is 0 Å². The minimum absolute atomic E-state index is 0.611. The molecule has 3 heteroatoms. The third-order valence-electron chi connectivity index (χ3n) is 2.85. The molecule has 82 valence electrons. The molecule has 1 atom stereocenters. The van der Waals surface area contributed by atoms with Crippen LogP contribution in [-0.2, 0) is 0 Å². The number of nitrogens with one attached hydrogen (secondary N) is 2. The summed E-state index contributed by atoms with van der Waals surface area (Å²) >= 11 is 0. The zero-order valence-corrected chi connectivity index (χ0v) is 9.47. The van der Waals surface area contributed by atoms with Gasteiger partial charge in [0.05, 0.1) is 0 Å². The first kappa shape index (κ1) is 11.5. The molecule has 0 amide bonds. The number of hydrogen-bond donors (Lipinski definition) is 2. The Balaban J connectivity index is 2.19. The average Bonchev–Trinajstić information content (AvgIpc) is 2.26. The zero-order chi connectivity index (χ0) is 10.4. The van der Waals surface area contributed by atoms with Crippen LogP contribution >= 0.6 is 0 Å². The fraction of sp³-hybridized carbons (Fsp3) is 0.818. The third-order valence-corrected chi connectivity index (χ3v) is 2.85. The number of piperazine rings is 1. The molecule has 1 rings (SSSR count). The van der Waals surface area contributed by atoms with Gasteiger partial charge in [-0.3, -0.25) is 4.90 Å². The molecule has 1 unspecified atom stereocenters. The van der Waals surface area contributed by atoms with E-state index in [0.717, 1.165) is 31.8 Å². The van der Waals surface area contributed by atoms with Crippen LogP contribution in [0.3, 0.4) is 0 Å². The SMILES string of the molecule is C=C(CC)NCC(C)N1CCNCC1. The maximum absolute atomic E-state index is 3.95. The van der Waals surface area contributed by atoms with E-state index >= 15 is 0 Å². The van der Waals surface area contributed by atoms with Crippen molar-refractivity contribution < 1.29 is 0 Å². The molecule has 3 nitrogen and oxygen atoms in total. The van der Waals surface area contributed by atoms with Crippen molar-refractivity contribution in [1.29, 1.82) is 0 Å². The Labute approximate surface area is 87.6 Å². The minimum atomic E-state index is 0.611. The van der Waals surface area contributed by atoms with Gasteiger partial charge in [-0.2, -0.15) is 0 Å². The van der Waals surface area contributed by atoms with Crippen molar-refractivity contribution in [3.8, 4) is 0 Å². The lowest BCUT2D eigenvalue weighted by Crippen LogP contribution is -2.50. The second-order valence-corrected chi connectivity index (χ2v) is 3.97. The van der Waals surface area contributed by atoms with Gasteiger partial charge in [0.25, 0.3) is 0 Å². The quantitative estimate of drug-likeness (QED) is 0.682. The highest BCUT2D eigenvalue weighted by molar-refractivity contribution is 4.90. The van der Waals surface area contributed by atoms with E-state index in [9.17, 15) is 0 Å². The van der Waals surface area contributed by atoms with Gasteiger partial charge in [0, 0.05) is 44.5 Å². The Hall–Kier alpha value is -0.540. The Morgan fingerprint density at radius 2 is 2.14 bits per heavy atom. The van der Waals surface area contributed by atoms with Gasteiger partial charge in [-0.05, 0) is 13.3 Å². The monoisotopic (exact) mass is 197 g/mol. The fourth-order valence-electron chi connectivity index (χ4n) is 1.67. The van der Waals surface area contributed by atoms with E-state index in [1.807, 2.05) is 0 Å². The van der Waals surface area contributed by atoms with Gasteiger partial charge in [-0.15, -0.1) is 0 Å². The predicted octanol–water partition coefficient (Wildman–Crippen LogP) is 0.793. The molecule has 1 aliphatic heterocycles. The van der Waals surface area contributed by atoms with Crippen LogP contribution in [0.2, 0.25) is 0 Å². The Kier molecular flexibility index (Phi) is 4.98. The van der Waals surface area contributed by atoms with Crippen molar-refractivity contribution in [1.82, 2.24) is 15.5 Å². The van der Waals surface area contributed by atoms with E-state index in [1.54, 1.807) is 0 Å². The molecule has 0 bridgehead atoms. The maximum atomic E-state index is 3.95. The summed E-state index contributed by atoms with van der Waals surface area (Å²) in [6.07, 6.45) is 1.02. The van der Waals surface area contributed by atoms with E-state index in [4.69, 9.17) is 0 Å². The smallest absolute Gasteiger partial charge is 0.0297 e. The van der Waals surface area contributed by atoms with Crippen molar-refractivity contribution in [2.75, 3.05) is 32.7 Å². The standard InChI is InChI=1S/C11H23N3/c1-4-10(2)13-9-11(3)14-7-5-12-6-8-14/h11-13H,2,4-9H2,1,3H3. The van der Waals surface area contributed by atoms with Gasteiger partial charge in [0.2, 0.25) is 0 Å². The second kappa shape index (κ2) is 6.04. The molecule has 0 aromatic carbocycles. The van der Waals surface area contributed by atoms with Gasteiger partial charge in [-0.1, -0.05) is 13.5 Å². The van der Waals surface area contributed by atoms with Crippen LogP contribution in [0.25, 0.3) is 0 Å². The summed E-state index contributed by atoms with van der Waals surface area (Å²) in [5, 5.41) is 6.74. The molecular formula is C11H23N3. The highest BCUT2D eigenvalue weighted by atomic mass is 15.2. The van der Waals surface area contributed by atoms with E-state index in [1.165, 1.54) is 13.1 Å². The lowest BCUT2D eigenvalue weighted by molar-refractivity contribution is 0.183. The average molecular weight is 197 g/mol. The Morgan fingerprint density at radius 1 is 1.50 bits per heavy atom. The summed E-state index contributed by atoms with van der Waals surface area (Å²) in [5.74, 6) is 0. The first-order valence-electron chi connectivity index (χ1n) is 5.60. The highest BCUT2D eigenvalue weighted by Crippen LogP contribution is 2.01. The third kappa shape index (κ3) is 3.68. The molecule has 0 radical (unpaired) electrons. The van der Waals surface area contributed by atoms with E-state index in [2.05, 4.69) is 36.0 Å². The van der Waals surface area contributed by atoms with Crippen LogP contribution in [0.15, 0.2) is 12.3 Å². The first-order chi connectivity index (χ1) is 6.74. The topological polar surface area (TPSA) is 27.3 Å². The summed E-state index contributed by atoms with van der Waals surface area (Å²) in [7, 11) is 0. The van der Waals surface area contributed by atoms with Crippen molar-refractivity contribution in [3.63, 3.8) is 0 Å². The van der Waals surface area contributed by atoms with E-state index in [0.29, 0.717) is 6.04 Å². The van der Waals surface area contributed by atoms with Crippen LogP contribution in [-0.4, -0.2) is 43.7 Å². The van der Waals surface area contributed by atoms with Crippen molar-refractivity contribution in [2.24, 2.45) is 0 Å². The lowest BCUT2D eigenvalue weighted by Gasteiger charge is -2.33. The molecule has 0 saturated carbocycles. The molecule has 14 heavy (non-hydrogen) atoms. The predicted molar refractivity (Wildman–Crippen MR) is 61.3 cm³/mol. The Bertz CT molecular complexity index is 173. The zero-order valence-electron chi connectivity index (χ0n) is 9.47. The fourth-order valence-corrected chi connectivity index (χ4v) is 1.67. The van der Waals surface area contributed by atoms with Crippen LogP contribution in [0, 0.1) is 0 Å². The van der Waals surface area contributed by atoms with E-state index in [-0.39, 0.29) is 0 Å². The normalized spacial score (nSPS) is 20.4. The molecule has 1 heterocycles. The number of hydrogen-bond acceptors (Lipinski definition) is 3. The van der Waals surface area contributed by atoms with Crippen molar-refractivity contribution >= 4 is 0 Å². The molecule has 0 spiro atoms. The lowest BCUT2D eigenvalue weighted by atomic mass is 10.2. The van der Waals surface area contributed by atoms with Crippen molar-refractivity contribution in [2.45, 2.75) is 26.3 Å². The van der Waals surface area contributed by atoms with Gasteiger partial charge in [0.1, 0.15) is 0 Å². The summed E-state index contributed by atoms with van der Waals surface area (Å²) in [4.78, 5) is 2.52. The first-order valence-corrected chi connectivity index (χ1v) is 5.60. The molecule has 0 aliphatic carbocycles. The summed E-state index contributed by atoms with van der Waals surface area (Å²) < 4.78 is 0. The van der Waals surface area contributed by atoms with Crippen molar-refractivity contribution in [3.05, 3.63) is 12.3 Å². The van der Waals surface area contributed by atoms with Crippen LogP contribution in [0.4, 0.5) is 0 Å². The summed E-state index contributed by atoms with van der Waals surface area (Å²) in [6, 6.07) is 0.611. The Morgan fingerprint density at radius 3 is 2.71 bits per heavy atom. The number of nitrogens with zero attached hydrogens (tertiary/aromatic N) is 1. The van der Waals surface area contributed by atoms with Gasteiger partial charge in [0.15, 0.2) is 0 Å². The molecule has 1 aliphatic rings. The highest BCUT2D eigenvalue weighted by Gasteiger charge is 2.15. The molecule has 1 saturated heterocycles. The van der Waals surface area contributed by atoms with E-state index < -0.39 is 0 Å². The maximum Gasteiger partial charge on any atom is 0.0297 e. The summed E-state index contributed by atoms with van der Waals surface area (Å²) in [6.45, 7) is 14.0. The second-order valence-electron chi connectivity index (χ2n) is 3.97. The molecule has 1 fully saturated rings. The van der Waals surface area contributed by atoms with Gasteiger partial charge >= 0.3 is 0 Å². The molecule has 0 aromatic rings. The number of allylic oxidation sites excluding steroid dienone is 1. The number of rotatable bonds is 5. The minimum Gasteiger partial charge on any atom is -0.387 e. The van der Waals surface area contributed by atoms with Crippen LogP contribution in [0.5, 0.6) is 0 Å². The van der Waals surface area contributed by atoms with Crippen LogP contribution in [0.1, 0.15) is 20.3 Å². The largest absolute Gasteiger partial charge is 0.387 e. The summed E-state index contributed by atoms with van der Waals surface area (Å²) in [5.41, 5.74) is 1.15.